The van der Waals surface area contributed by atoms with Gasteiger partial charge in [0.2, 0.25) is 0 Å². The van der Waals surface area contributed by atoms with Gasteiger partial charge in [0.1, 0.15) is 12.4 Å². The lowest BCUT2D eigenvalue weighted by molar-refractivity contribution is 0.170. The van der Waals surface area contributed by atoms with Crippen molar-refractivity contribution in [2.75, 3.05) is 6.54 Å². The largest absolute Gasteiger partial charge is 0.489 e. The minimum Gasteiger partial charge on any atom is -0.489 e. The Balaban J connectivity index is 0.00000199. The fraction of sp³-hybridized carbons (Fsp3) is 0.419. The van der Waals surface area contributed by atoms with Gasteiger partial charge >= 0.3 is 0 Å². The highest BCUT2D eigenvalue weighted by atomic mass is 16.5. The summed E-state index contributed by atoms with van der Waals surface area (Å²) in [6.07, 6.45) is 0.983. The maximum atomic E-state index is 9.83. The molecule has 0 heterocycles. The molecule has 3 aromatic rings. The molecule has 1 atom stereocenters. The molecule has 0 aliphatic rings. The van der Waals surface area contributed by atoms with Crippen LogP contribution >= 0.6 is 0 Å². The van der Waals surface area contributed by atoms with E-state index in [1.54, 1.807) is 0 Å². The third kappa shape index (κ3) is 8.00. The molecule has 3 aromatic carbocycles. The highest BCUT2D eigenvalue weighted by Gasteiger charge is 2.22. The fourth-order valence-corrected chi connectivity index (χ4v) is 4.41. The second kappa shape index (κ2) is 14.6. The van der Waals surface area contributed by atoms with Crippen LogP contribution < -0.4 is 4.74 Å². The van der Waals surface area contributed by atoms with Crippen LogP contribution in [-0.2, 0) is 13.2 Å². The van der Waals surface area contributed by atoms with Crippen molar-refractivity contribution in [3.8, 4) is 5.75 Å². The molecule has 3 rings (SSSR count). The maximum absolute atomic E-state index is 9.83. The summed E-state index contributed by atoms with van der Waals surface area (Å²) >= 11 is 0. The van der Waals surface area contributed by atoms with Crippen LogP contribution in [0.5, 0.6) is 5.75 Å². The highest BCUT2D eigenvalue weighted by Crippen LogP contribution is 2.36. The third-order valence-electron chi connectivity index (χ3n) is 6.07. The fourth-order valence-electron chi connectivity index (χ4n) is 4.41. The predicted molar refractivity (Wildman–Crippen MR) is 144 cm³/mol. The molecule has 34 heavy (non-hydrogen) atoms. The van der Waals surface area contributed by atoms with E-state index in [-0.39, 0.29) is 12.5 Å². The Kier molecular flexibility index (Phi) is 11.9. The Morgan fingerprint density at radius 1 is 0.765 bits per heavy atom. The lowest BCUT2D eigenvalue weighted by Gasteiger charge is -2.32. The van der Waals surface area contributed by atoms with E-state index < -0.39 is 0 Å². The first-order valence-corrected chi connectivity index (χ1v) is 12.7. The number of hydrogen-bond acceptors (Lipinski definition) is 3. The molecular weight excluding hydrogens is 418 g/mol. The average Bonchev–Trinajstić information content (AvgIpc) is 2.87. The third-order valence-corrected chi connectivity index (χ3v) is 6.07. The Bertz CT molecular complexity index is 930. The van der Waals surface area contributed by atoms with Gasteiger partial charge in [-0.3, -0.25) is 4.90 Å². The minimum atomic E-state index is 0.0254. The molecule has 0 radical (unpaired) electrons. The molecule has 1 N–H and O–H groups in total. The van der Waals surface area contributed by atoms with E-state index in [4.69, 9.17) is 4.74 Å². The van der Waals surface area contributed by atoms with Crippen molar-refractivity contribution in [2.45, 2.75) is 79.2 Å². The summed E-state index contributed by atoms with van der Waals surface area (Å²) in [5.74, 6) is 1.08. The lowest BCUT2D eigenvalue weighted by Crippen LogP contribution is -2.38. The Morgan fingerprint density at radius 3 is 1.91 bits per heavy atom. The van der Waals surface area contributed by atoms with Gasteiger partial charge in [0.25, 0.3) is 0 Å². The Morgan fingerprint density at radius 2 is 1.35 bits per heavy atom. The van der Waals surface area contributed by atoms with Gasteiger partial charge in [0.05, 0.1) is 6.61 Å². The van der Waals surface area contributed by atoms with Gasteiger partial charge in [0, 0.05) is 23.6 Å². The SMILES string of the molecule is CC.CC(C)N(CCC(c1ccccc1)c1cc(CO)ccc1OCc1ccccc1)C(C)C. The van der Waals surface area contributed by atoms with E-state index in [1.165, 1.54) is 5.56 Å². The first-order valence-electron chi connectivity index (χ1n) is 12.7. The number of aliphatic hydroxyl groups is 1. The molecule has 0 bridgehead atoms. The van der Waals surface area contributed by atoms with Crippen molar-refractivity contribution < 1.29 is 9.84 Å². The molecular formula is C31H43NO2. The second-order valence-electron chi connectivity index (χ2n) is 8.98. The van der Waals surface area contributed by atoms with Crippen molar-refractivity contribution in [3.05, 3.63) is 101 Å². The topological polar surface area (TPSA) is 32.7 Å². The number of benzene rings is 3. The standard InChI is InChI=1S/C29H37NO2.C2H6/c1-22(2)30(23(3)4)18-17-27(26-13-9-6-10-14-26)28-19-25(20-31)15-16-29(28)32-21-24-11-7-5-8-12-24;1-2/h5-16,19,22-23,27,31H,17-18,20-21H2,1-4H3;1-2H3. The van der Waals surface area contributed by atoms with Crippen molar-refractivity contribution in [3.63, 3.8) is 0 Å². The molecule has 0 saturated heterocycles. The Hall–Kier alpha value is -2.62. The first-order chi connectivity index (χ1) is 16.5. The average molecular weight is 462 g/mol. The van der Waals surface area contributed by atoms with Gasteiger partial charge in [-0.15, -0.1) is 0 Å². The van der Waals surface area contributed by atoms with Crippen LogP contribution in [0.4, 0.5) is 0 Å². The van der Waals surface area contributed by atoms with Crippen molar-refractivity contribution in [1.29, 1.82) is 0 Å². The summed E-state index contributed by atoms with van der Waals surface area (Å²) in [7, 11) is 0. The Labute approximate surface area is 207 Å². The van der Waals surface area contributed by atoms with E-state index >= 15 is 0 Å². The van der Waals surface area contributed by atoms with Gasteiger partial charge in [-0.25, -0.2) is 0 Å². The summed E-state index contributed by atoms with van der Waals surface area (Å²) < 4.78 is 6.33. The zero-order valence-electron chi connectivity index (χ0n) is 21.9. The molecule has 0 aliphatic carbocycles. The van der Waals surface area contributed by atoms with Crippen LogP contribution in [0.15, 0.2) is 78.9 Å². The van der Waals surface area contributed by atoms with E-state index in [0.717, 1.165) is 35.4 Å². The first kappa shape index (κ1) is 27.6. The van der Waals surface area contributed by atoms with Crippen LogP contribution in [0.1, 0.15) is 76.1 Å². The zero-order chi connectivity index (χ0) is 24.9. The molecule has 184 valence electrons. The number of aliphatic hydroxyl groups excluding tert-OH is 1. The van der Waals surface area contributed by atoms with Crippen LogP contribution in [-0.4, -0.2) is 28.6 Å². The van der Waals surface area contributed by atoms with Crippen LogP contribution in [0, 0.1) is 0 Å². The minimum absolute atomic E-state index is 0.0254. The maximum Gasteiger partial charge on any atom is 0.123 e. The quantitative estimate of drug-likeness (QED) is 0.322. The van der Waals surface area contributed by atoms with Gasteiger partial charge in [-0.1, -0.05) is 80.6 Å². The monoisotopic (exact) mass is 461 g/mol. The number of rotatable bonds is 11. The van der Waals surface area contributed by atoms with Gasteiger partial charge < -0.3 is 9.84 Å². The molecule has 3 nitrogen and oxygen atoms in total. The van der Waals surface area contributed by atoms with Gasteiger partial charge in [-0.05, 0) is 69.5 Å². The molecule has 0 aromatic heterocycles. The summed E-state index contributed by atoms with van der Waals surface area (Å²) in [6.45, 7) is 14.6. The lowest BCUT2D eigenvalue weighted by atomic mass is 9.86. The number of ether oxygens (including phenoxy) is 1. The highest BCUT2D eigenvalue weighted by molar-refractivity contribution is 5.44. The predicted octanol–water partition coefficient (Wildman–Crippen LogP) is 7.42. The summed E-state index contributed by atoms with van der Waals surface area (Å²) in [5.41, 5.74) is 4.48. The van der Waals surface area contributed by atoms with Gasteiger partial charge in [-0.2, -0.15) is 0 Å². The van der Waals surface area contributed by atoms with Crippen molar-refractivity contribution in [1.82, 2.24) is 4.90 Å². The van der Waals surface area contributed by atoms with E-state index in [1.807, 2.05) is 44.2 Å². The molecule has 0 amide bonds. The summed E-state index contributed by atoms with van der Waals surface area (Å²) in [4.78, 5) is 2.54. The molecule has 0 saturated carbocycles. The van der Waals surface area contributed by atoms with Crippen LogP contribution in [0.25, 0.3) is 0 Å². The normalized spacial score (nSPS) is 11.9. The van der Waals surface area contributed by atoms with E-state index in [0.29, 0.717) is 18.7 Å². The summed E-state index contributed by atoms with van der Waals surface area (Å²) in [6, 6.07) is 28.0. The number of hydrogen-bond donors (Lipinski definition) is 1. The van der Waals surface area contributed by atoms with E-state index in [2.05, 4.69) is 81.1 Å². The zero-order valence-corrected chi connectivity index (χ0v) is 21.9. The number of nitrogens with zero attached hydrogens (tertiary/aromatic N) is 1. The summed E-state index contributed by atoms with van der Waals surface area (Å²) in [5, 5.41) is 9.83. The van der Waals surface area contributed by atoms with E-state index in [9.17, 15) is 5.11 Å². The second-order valence-corrected chi connectivity index (χ2v) is 8.98. The van der Waals surface area contributed by atoms with Crippen LogP contribution in [0.3, 0.4) is 0 Å². The van der Waals surface area contributed by atoms with Crippen LogP contribution in [0.2, 0.25) is 0 Å². The molecule has 0 spiro atoms. The van der Waals surface area contributed by atoms with Gasteiger partial charge in [0.15, 0.2) is 0 Å². The van der Waals surface area contributed by atoms with Crippen molar-refractivity contribution >= 4 is 0 Å². The molecule has 3 heteroatoms. The smallest absolute Gasteiger partial charge is 0.123 e. The van der Waals surface area contributed by atoms with Crippen molar-refractivity contribution in [2.24, 2.45) is 0 Å². The molecule has 1 unspecified atom stereocenters. The molecule has 0 fully saturated rings. The molecule has 0 aliphatic heterocycles.